The van der Waals surface area contributed by atoms with E-state index in [9.17, 15) is 26.4 Å². The van der Waals surface area contributed by atoms with Crippen molar-refractivity contribution in [3.05, 3.63) is 87.6 Å². The number of sulfonamides is 1. The summed E-state index contributed by atoms with van der Waals surface area (Å²) in [5.41, 5.74) is 0.822. The Morgan fingerprint density at radius 2 is 1.76 bits per heavy atom. The molecule has 0 N–H and O–H groups in total. The summed E-state index contributed by atoms with van der Waals surface area (Å²) < 4.78 is 73.2. The van der Waals surface area contributed by atoms with Crippen LogP contribution in [0.2, 0.25) is 0 Å². The third-order valence-electron chi connectivity index (χ3n) is 5.88. The van der Waals surface area contributed by atoms with Crippen LogP contribution in [0.1, 0.15) is 34.9 Å². The standard InChI is InChI=1S/C27H31F3N2O4S2/c1-3-36-15-8-14-32(38(34,35)24-12-7-11-23(17-24)27(28,29)30)20-26(33)31(18-22-9-5-4-6-10-22)19-25-21(2)13-16-37-25/h4-7,9-13,16-17H,3,8,14-15,18-20H2,1-2H3. The molecule has 1 amide bonds. The number of rotatable bonds is 13. The Balaban J connectivity index is 1.91. The Bertz CT molecular complexity index is 1290. The highest BCUT2D eigenvalue weighted by molar-refractivity contribution is 7.89. The molecule has 0 unspecified atom stereocenters. The first-order valence-electron chi connectivity index (χ1n) is 12.1. The van der Waals surface area contributed by atoms with Gasteiger partial charge in [0.25, 0.3) is 0 Å². The molecule has 0 fully saturated rings. The summed E-state index contributed by atoms with van der Waals surface area (Å²) in [4.78, 5) is 15.6. The fourth-order valence-corrected chi connectivity index (χ4v) is 6.17. The van der Waals surface area contributed by atoms with Gasteiger partial charge in [0.1, 0.15) is 0 Å². The molecule has 3 rings (SSSR count). The number of hydrogen-bond acceptors (Lipinski definition) is 5. The molecule has 0 bridgehead atoms. The number of nitrogens with zero attached hydrogens (tertiary/aromatic N) is 2. The van der Waals surface area contributed by atoms with Crippen molar-refractivity contribution in [3.8, 4) is 0 Å². The van der Waals surface area contributed by atoms with E-state index in [0.717, 1.165) is 38.5 Å². The molecule has 0 aliphatic carbocycles. The maximum absolute atomic E-state index is 13.6. The molecule has 1 heterocycles. The fourth-order valence-electron chi connectivity index (χ4n) is 3.78. The molecule has 38 heavy (non-hydrogen) atoms. The van der Waals surface area contributed by atoms with Gasteiger partial charge in [-0.15, -0.1) is 11.3 Å². The quantitative estimate of drug-likeness (QED) is 0.247. The molecular formula is C27H31F3N2O4S2. The number of carbonyl (C=O) groups excluding carboxylic acids is 1. The second-order valence-corrected chi connectivity index (χ2v) is 11.6. The number of halogens is 3. The SMILES string of the molecule is CCOCCCN(CC(=O)N(Cc1ccccc1)Cc1sccc1C)S(=O)(=O)c1cccc(C(F)(F)F)c1. The minimum absolute atomic E-state index is 0.0818. The van der Waals surface area contributed by atoms with Gasteiger partial charge >= 0.3 is 6.18 Å². The van der Waals surface area contributed by atoms with E-state index in [1.807, 2.05) is 48.7 Å². The van der Waals surface area contributed by atoms with Crippen LogP contribution >= 0.6 is 11.3 Å². The van der Waals surface area contributed by atoms with E-state index in [0.29, 0.717) is 12.7 Å². The zero-order valence-electron chi connectivity index (χ0n) is 21.3. The number of thiophene rings is 1. The first kappa shape index (κ1) is 29.8. The van der Waals surface area contributed by atoms with Gasteiger partial charge in [-0.2, -0.15) is 17.5 Å². The number of alkyl halides is 3. The van der Waals surface area contributed by atoms with Crippen molar-refractivity contribution in [2.75, 3.05) is 26.3 Å². The molecule has 0 aliphatic heterocycles. The lowest BCUT2D eigenvalue weighted by Crippen LogP contribution is -2.43. The van der Waals surface area contributed by atoms with Crippen LogP contribution < -0.4 is 0 Å². The smallest absolute Gasteiger partial charge is 0.382 e. The first-order chi connectivity index (χ1) is 18.0. The van der Waals surface area contributed by atoms with Gasteiger partial charge in [-0.3, -0.25) is 4.79 Å². The molecular weight excluding hydrogens is 537 g/mol. The number of amides is 1. The van der Waals surface area contributed by atoms with Gasteiger partial charge in [-0.25, -0.2) is 8.42 Å². The number of hydrogen-bond donors (Lipinski definition) is 0. The summed E-state index contributed by atoms with van der Waals surface area (Å²) >= 11 is 1.50. The third-order valence-corrected chi connectivity index (χ3v) is 8.73. The zero-order valence-corrected chi connectivity index (χ0v) is 22.9. The summed E-state index contributed by atoms with van der Waals surface area (Å²) in [6.45, 7) is 4.38. The fraction of sp³-hybridized carbons (Fsp3) is 0.370. The molecule has 3 aromatic rings. The van der Waals surface area contributed by atoms with Crippen LogP contribution in [0.15, 0.2) is 70.9 Å². The number of benzene rings is 2. The normalized spacial score (nSPS) is 12.2. The van der Waals surface area contributed by atoms with Gasteiger partial charge in [-0.05, 0) is 61.0 Å². The minimum Gasteiger partial charge on any atom is -0.382 e. The van der Waals surface area contributed by atoms with Crippen molar-refractivity contribution in [2.45, 2.75) is 44.4 Å². The second kappa shape index (κ2) is 13.4. The highest BCUT2D eigenvalue weighted by Crippen LogP contribution is 2.31. The van der Waals surface area contributed by atoms with Crippen LogP contribution in [-0.4, -0.2) is 49.8 Å². The van der Waals surface area contributed by atoms with Crippen LogP contribution in [0, 0.1) is 6.92 Å². The highest BCUT2D eigenvalue weighted by atomic mass is 32.2. The van der Waals surface area contributed by atoms with E-state index in [2.05, 4.69) is 0 Å². The van der Waals surface area contributed by atoms with E-state index in [1.165, 1.54) is 11.3 Å². The summed E-state index contributed by atoms with van der Waals surface area (Å²) in [6.07, 6.45) is -4.42. The summed E-state index contributed by atoms with van der Waals surface area (Å²) in [5.74, 6) is -0.450. The average Bonchev–Trinajstić information content (AvgIpc) is 3.29. The Morgan fingerprint density at radius 1 is 1.03 bits per heavy atom. The van der Waals surface area contributed by atoms with Gasteiger partial charge in [0.2, 0.25) is 15.9 Å². The highest BCUT2D eigenvalue weighted by Gasteiger charge is 2.34. The van der Waals surface area contributed by atoms with Crippen LogP contribution in [0.5, 0.6) is 0 Å². The van der Waals surface area contributed by atoms with Gasteiger partial charge in [-0.1, -0.05) is 36.4 Å². The number of aryl methyl sites for hydroxylation is 1. The third kappa shape index (κ3) is 8.13. The number of carbonyl (C=O) groups is 1. The van der Waals surface area contributed by atoms with Crippen LogP contribution in [-0.2, 0) is 38.8 Å². The zero-order chi connectivity index (χ0) is 27.8. The van der Waals surface area contributed by atoms with Crippen molar-refractivity contribution in [1.29, 1.82) is 0 Å². The molecule has 0 saturated carbocycles. The van der Waals surface area contributed by atoms with Crippen molar-refractivity contribution in [2.24, 2.45) is 0 Å². The molecule has 0 atom stereocenters. The van der Waals surface area contributed by atoms with E-state index in [1.54, 1.807) is 11.8 Å². The molecule has 206 valence electrons. The molecule has 1 aromatic heterocycles. The maximum atomic E-state index is 13.6. The first-order valence-corrected chi connectivity index (χ1v) is 14.4. The lowest BCUT2D eigenvalue weighted by molar-refractivity contribution is -0.137. The predicted molar refractivity (Wildman–Crippen MR) is 141 cm³/mol. The van der Waals surface area contributed by atoms with Crippen LogP contribution in [0.25, 0.3) is 0 Å². The lowest BCUT2D eigenvalue weighted by Gasteiger charge is -2.27. The largest absolute Gasteiger partial charge is 0.416 e. The lowest BCUT2D eigenvalue weighted by atomic mass is 10.2. The molecule has 0 aliphatic rings. The second-order valence-electron chi connectivity index (χ2n) is 8.68. The van der Waals surface area contributed by atoms with Gasteiger partial charge < -0.3 is 9.64 Å². The Hall–Kier alpha value is -2.73. The van der Waals surface area contributed by atoms with E-state index in [4.69, 9.17) is 4.74 Å². The van der Waals surface area contributed by atoms with E-state index < -0.39 is 39.1 Å². The van der Waals surface area contributed by atoms with Crippen LogP contribution in [0.4, 0.5) is 13.2 Å². The monoisotopic (exact) mass is 568 g/mol. The summed E-state index contributed by atoms with van der Waals surface area (Å²) in [7, 11) is -4.41. The Morgan fingerprint density at radius 3 is 2.39 bits per heavy atom. The molecule has 6 nitrogen and oxygen atoms in total. The summed E-state index contributed by atoms with van der Waals surface area (Å²) in [5, 5.41) is 1.92. The minimum atomic E-state index is -4.70. The Kier molecular flexibility index (Phi) is 10.5. The van der Waals surface area contributed by atoms with Gasteiger partial charge in [0.05, 0.1) is 23.5 Å². The molecule has 0 saturated heterocycles. The predicted octanol–water partition coefficient (Wildman–Crippen LogP) is 5.72. The van der Waals surface area contributed by atoms with Gasteiger partial charge in [0.15, 0.2) is 0 Å². The molecule has 11 heteroatoms. The Labute approximate surface area is 225 Å². The topological polar surface area (TPSA) is 66.9 Å². The van der Waals surface area contributed by atoms with E-state index >= 15 is 0 Å². The average molecular weight is 569 g/mol. The maximum Gasteiger partial charge on any atom is 0.416 e. The van der Waals surface area contributed by atoms with Crippen molar-refractivity contribution < 1.29 is 31.1 Å². The number of ether oxygens (including phenoxy) is 1. The van der Waals surface area contributed by atoms with Crippen molar-refractivity contribution in [1.82, 2.24) is 9.21 Å². The van der Waals surface area contributed by atoms with Crippen LogP contribution in [0.3, 0.4) is 0 Å². The summed E-state index contributed by atoms with van der Waals surface area (Å²) in [6, 6.07) is 14.9. The molecule has 0 radical (unpaired) electrons. The molecule has 2 aromatic carbocycles. The van der Waals surface area contributed by atoms with Gasteiger partial charge in [0, 0.05) is 31.2 Å². The van der Waals surface area contributed by atoms with E-state index in [-0.39, 0.29) is 32.7 Å². The van der Waals surface area contributed by atoms with Crippen molar-refractivity contribution in [3.63, 3.8) is 0 Å². The molecule has 0 spiro atoms. The van der Waals surface area contributed by atoms with Crippen molar-refractivity contribution >= 4 is 27.3 Å².